The molecule has 0 aliphatic carbocycles. The van der Waals surface area contributed by atoms with Crippen molar-refractivity contribution in [2.45, 2.75) is 51.7 Å². The summed E-state index contributed by atoms with van der Waals surface area (Å²) in [5.74, 6) is 0.196. The highest BCUT2D eigenvalue weighted by Gasteiger charge is 2.25. The fourth-order valence-corrected chi connectivity index (χ4v) is 1.99. The topological polar surface area (TPSA) is 61.4 Å². The fraction of sp³-hybridized carbons (Fsp3) is 0.833. The first-order chi connectivity index (χ1) is 7.90. The summed E-state index contributed by atoms with van der Waals surface area (Å²) in [6.45, 7) is 6.42. The summed E-state index contributed by atoms with van der Waals surface area (Å²) >= 11 is 0. The molecule has 1 aliphatic rings. The number of likely N-dealkylation sites (tertiary alicyclic amines) is 1. The van der Waals surface area contributed by atoms with Gasteiger partial charge in [-0.25, -0.2) is 0 Å². The summed E-state index contributed by atoms with van der Waals surface area (Å²) in [5, 5.41) is 6.14. The van der Waals surface area contributed by atoms with Crippen LogP contribution < -0.4 is 10.6 Å². The summed E-state index contributed by atoms with van der Waals surface area (Å²) in [6, 6.07) is 0.150. The standard InChI is InChI=1S/C12H23N3O2/c1-8(2)13-12(17)9(3)14-10-5-6-11(16)15(4)7-10/h8-10,14H,5-7H2,1-4H3,(H,13,17). The number of amides is 2. The van der Waals surface area contributed by atoms with Crippen LogP contribution in [0.25, 0.3) is 0 Å². The van der Waals surface area contributed by atoms with Crippen LogP contribution in [-0.2, 0) is 9.59 Å². The molecule has 1 fully saturated rings. The number of likely N-dealkylation sites (N-methyl/N-ethyl adjacent to an activating group) is 1. The minimum Gasteiger partial charge on any atom is -0.353 e. The molecule has 5 heteroatoms. The average Bonchev–Trinajstić information content (AvgIpc) is 2.22. The van der Waals surface area contributed by atoms with Crippen molar-refractivity contribution in [1.29, 1.82) is 0 Å². The molecule has 0 aromatic rings. The highest BCUT2D eigenvalue weighted by molar-refractivity contribution is 5.81. The number of piperidine rings is 1. The van der Waals surface area contributed by atoms with Gasteiger partial charge in [0.1, 0.15) is 0 Å². The lowest BCUT2D eigenvalue weighted by molar-refractivity contribution is -0.132. The molecule has 2 N–H and O–H groups in total. The maximum Gasteiger partial charge on any atom is 0.237 e. The zero-order chi connectivity index (χ0) is 13.0. The Balaban J connectivity index is 2.38. The average molecular weight is 241 g/mol. The third-order valence-corrected chi connectivity index (χ3v) is 2.94. The quantitative estimate of drug-likeness (QED) is 0.734. The van der Waals surface area contributed by atoms with Gasteiger partial charge in [-0.1, -0.05) is 0 Å². The Hall–Kier alpha value is -1.10. The number of carbonyl (C=O) groups is 2. The molecule has 2 atom stereocenters. The van der Waals surface area contributed by atoms with Crippen molar-refractivity contribution >= 4 is 11.8 Å². The Morgan fingerprint density at radius 1 is 1.41 bits per heavy atom. The van der Waals surface area contributed by atoms with Crippen molar-refractivity contribution in [3.05, 3.63) is 0 Å². The highest BCUT2D eigenvalue weighted by atomic mass is 16.2. The number of carbonyl (C=O) groups excluding carboxylic acids is 2. The largest absolute Gasteiger partial charge is 0.353 e. The van der Waals surface area contributed by atoms with E-state index in [-0.39, 0.29) is 29.9 Å². The summed E-state index contributed by atoms with van der Waals surface area (Å²) < 4.78 is 0. The summed E-state index contributed by atoms with van der Waals surface area (Å²) in [6.07, 6.45) is 1.37. The molecule has 1 saturated heterocycles. The molecule has 0 radical (unpaired) electrons. The first-order valence-corrected chi connectivity index (χ1v) is 6.20. The Morgan fingerprint density at radius 3 is 2.59 bits per heavy atom. The van der Waals surface area contributed by atoms with Crippen LogP contribution >= 0.6 is 0 Å². The maximum atomic E-state index is 11.7. The fourth-order valence-electron chi connectivity index (χ4n) is 1.99. The van der Waals surface area contributed by atoms with Gasteiger partial charge in [0.05, 0.1) is 6.04 Å². The number of hydrogen-bond donors (Lipinski definition) is 2. The molecule has 0 spiro atoms. The number of nitrogens with zero attached hydrogens (tertiary/aromatic N) is 1. The molecule has 5 nitrogen and oxygen atoms in total. The van der Waals surface area contributed by atoms with E-state index < -0.39 is 0 Å². The molecule has 1 heterocycles. The van der Waals surface area contributed by atoms with E-state index in [0.717, 1.165) is 6.42 Å². The van der Waals surface area contributed by atoms with Crippen LogP contribution in [0.5, 0.6) is 0 Å². The lowest BCUT2D eigenvalue weighted by Gasteiger charge is -2.32. The smallest absolute Gasteiger partial charge is 0.237 e. The van der Waals surface area contributed by atoms with Crippen LogP contribution in [0.4, 0.5) is 0 Å². The van der Waals surface area contributed by atoms with E-state index in [2.05, 4.69) is 10.6 Å². The van der Waals surface area contributed by atoms with Crippen LogP contribution in [0.15, 0.2) is 0 Å². The molecule has 1 aliphatic heterocycles. The van der Waals surface area contributed by atoms with E-state index in [1.54, 1.807) is 11.9 Å². The lowest BCUT2D eigenvalue weighted by atomic mass is 10.0. The lowest BCUT2D eigenvalue weighted by Crippen LogP contribution is -2.53. The molecule has 0 aromatic heterocycles. The predicted octanol–water partition coefficient (Wildman–Crippen LogP) is 0.110. The van der Waals surface area contributed by atoms with Crippen molar-refractivity contribution < 1.29 is 9.59 Å². The van der Waals surface area contributed by atoms with Crippen LogP contribution in [0.3, 0.4) is 0 Å². The van der Waals surface area contributed by atoms with Gasteiger partial charge >= 0.3 is 0 Å². The Morgan fingerprint density at radius 2 is 2.06 bits per heavy atom. The van der Waals surface area contributed by atoms with Crippen LogP contribution in [0, 0.1) is 0 Å². The van der Waals surface area contributed by atoms with Crippen molar-refractivity contribution in [2.75, 3.05) is 13.6 Å². The van der Waals surface area contributed by atoms with Gasteiger partial charge in [-0.05, 0) is 27.2 Å². The first-order valence-electron chi connectivity index (χ1n) is 6.20. The third kappa shape index (κ3) is 4.34. The minimum atomic E-state index is -0.219. The number of hydrogen-bond acceptors (Lipinski definition) is 3. The van der Waals surface area contributed by atoms with E-state index in [1.807, 2.05) is 20.8 Å². The van der Waals surface area contributed by atoms with E-state index in [4.69, 9.17) is 0 Å². The van der Waals surface area contributed by atoms with Gasteiger partial charge in [0.2, 0.25) is 11.8 Å². The molecule has 2 unspecified atom stereocenters. The molecule has 17 heavy (non-hydrogen) atoms. The maximum absolute atomic E-state index is 11.7. The zero-order valence-electron chi connectivity index (χ0n) is 11.1. The second-order valence-electron chi connectivity index (χ2n) is 5.06. The molecule has 98 valence electrons. The second-order valence-corrected chi connectivity index (χ2v) is 5.06. The molecule has 0 aromatic carbocycles. The first kappa shape index (κ1) is 14.0. The van der Waals surface area contributed by atoms with Crippen LogP contribution in [-0.4, -0.2) is 48.4 Å². The minimum absolute atomic E-state index is 0.0135. The molecular formula is C12H23N3O2. The van der Waals surface area contributed by atoms with Crippen molar-refractivity contribution in [2.24, 2.45) is 0 Å². The van der Waals surface area contributed by atoms with Gasteiger partial charge in [0.25, 0.3) is 0 Å². The van der Waals surface area contributed by atoms with Gasteiger partial charge in [-0.2, -0.15) is 0 Å². The third-order valence-electron chi connectivity index (χ3n) is 2.94. The molecule has 1 rings (SSSR count). The normalized spacial score (nSPS) is 22.8. The Labute approximate surface area is 103 Å². The van der Waals surface area contributed by atoms with Crippen molar-refractivity contribution in [3.8, 4) is 0 Å². The van der Waals surface area contributed by atoms with Gasteiger partial charge in [0.15, 0.2) is 0 Å². The second kappa shape index (κ2) is 6.00. The molecule has 0 saturated carbocycles. The Kier molecular flexibility index (Phi) is 4.93. The van der Waals surface area contributed by atoms with Gasteiger partial charge < -0.3 is 15.5 Å². The highest BCUT2D eigenvalue weighted by Crippen LogP contribution is 2.10. The van der Waals surface area contributed by atoms with Crippen molar-refractivity contribution in [1.82, 2.24) is 15.5 Å². The summed E-state index contributed by atoms with van der Waals surface area (Å²) in [7, 11) is 1.80. The molecule has 0 bridgehead atoms. The van der Waals surface area contributed by atoms with Gasteiger partial charge in [-0.15, -0.1) is 0 Å². The number of nitrogens with one attached hydrogen (secondary N) is 2. The predicted molar refractivity (Wildman–Crippen MR) is 66.5 cm³/mol. The van der Waals surface area contributed by atoms with Crippen molar-refractivity contribution in [3.63, 3.8) is 0 Å². The zero-order valence-corrected chi connectivity index (χ0v) is 11.1. The van der Waals surface area contributed by atoms with E-state index in [1.165, 1.54) is 0 Å². The van der Waals surface area contributed by atoms with Gasteiger partial charge in [0, 0.05) is 32.1 Å². The van der Waals surface area contributed by atoms with Gasteiger partial charge in [-0.3, -0.25) is 9.59 Å². The molecular weight excluding hydrogens is 218 g/mol. The summed E-state index contributed by atoms with van der Waals surface area (Å²) in [5.41, 5.74) is 0. The monoisotopic (exact) mass is 241 g/mol. The molecule has 2 amide bonds. The SMILES string of the molecule is CC(C)NC(=O)C(C)NC1CCC(=O)N(C)C1. The number of rotatable bonds is 4. The summed E-state index contributed by atoms with van der Waals surface area (Å²) in [4.78, 5) is 24.8. The Bertz CT molecular complexity index is 291. The van der Waals surface area contributed by atoms with Crippen LogP contribution in [0.2, 0.25) is 0 Å². The van der Waals surface area contributed by atoms with E-state index >= 15 is 0 Å². The van der Waals surface area contributed by atoms with E-state index in [0.29, 0.717) is 13.0 Å². The van der Waals surface area contributed by atoms with E-state index in [9.17, 15) is 9.59 Å². The van der Waals surface area contributed by atoms with Crippen LogP contribution in [0.1, 0.15) is 33.6 Å².